The first kappa shape index (κ1) is 23.7. The second-order valence-electron chi connectivity index (χ2n) is 8.99. The number of rotatable bonds is 4. The average molecular weight is 502 g/mol. The Morgan fingerprint density at radius 3 is 2.78 bits per heavy atom. The van der Waals surface area contributed by atoms with Crippen LogP contribution in [-0.4, -0.2) is 20.7 Å². The SMILES string of the molecule is Cn1cc2c(c1C(=O)Nc1ccc(F)c(C#N)c1)CC[C@H](Cc1ccc3ccccc3c1)NS2(=N)=O. The van der Waals surface area contributed by atoms with Crippen molar-refractivity contribution < 1.29 is 13.4 Å². The molecular weight excluding hydrogens is 477 g/mol. The van der Waals surface area contributed by atoms with Gasteiger partial charge in [0.1, 0.15) is 27.5 Å². The summed E-state index contributed by atoms with van der Waals surface area (Å²) < 4.78 is 40.3. The van der Waals surface area contributed by atoms with Crippen LogP contribution < -0.4 is 10.0 Å². The fourth-order valence-electron chi connectivity index (χ4n) is 4.78. The highest BCUT2D eigenvalue weighted by molar-refractivity contribution is 7.90. The average Bonchev–Trinajstić information content (AvgIpc) is 3.14. The summed E-state index contributed by atoms with van der Waals surface area (Å²) in [6.45, 7) is 0. The van der Waals surface area contributed by atoms with E-state index in [1.54, 1.807) is 23.9 Å². The van der Waals surface area contributed by atoms with Gasteiger partial charge in [0, 0.05) is 30.5 Å². The number of anilines is 1. The van der Waals surface area contributed by atoms with Gasteiger partial charge in [-0.05, 0) is 53.8 Å². The Morgan fingerprint density at radius 1 is 1.22 bits per heavy atom. The second kappa shape index (κ2) is 9.22. The number of amides is 1. The van der Waals surface area contributed by atoms with Gasteiger partial charge in [-0.1, -0.05) is 42.5 Å². The lowest BCUT2D eigenvalue weighted by Gasteiger charge is -2.17. The summed E-state index contributed by atoms with van der Waals surface area (Å²) in [6, 6.07) is 19.6. The number of carbonyl (C=O) groups is 1. The molecular formula is C27H24FN5O2S. The Hall–Kier alpha value is -4.00. The molecule has 1 aliphatic heterocycles. The molecule has 182 valence electrons. The molecule has 1 aliphatic rings. The number of carbonyl (C=O) groups excluding carboxylic acids is 1. The van der Waals surface area contributed by atoms with Gasteiger partial charge >= 0.3 is 0 Å². The topological polar surface area (TPSA) is 111 Å². The number of nitrogens with one attached hydrogen (secondary N) is 3. The molecule has 0 aliphatic carbocycles. The van der Waals surface area contributed by atoms with Crippen molar-refractivity contribution in [3.8, 4) is 6.07 Å². The van der Waals surface area contributed by atoms with Crippen LogP contribution in [0.25, 0.3) is 10.8 Å². The van der Waals surface area contributed by atoms with Crippen molar-refractivity contribution in [1.82, 2.24) is 9.29 Å². The molecule has 0 saturated heterocycles. The van der Waals surface area contributed by atoms with Crippen molar-refractivity contribution in [2.45, 2.75) is 30.2 Å². The van der Waals surface area contributed by atoms with E-state index in [1.165, 1.54) is 12.1 Å². The molecule has 5 rings (SSSR count). The number of hydrogen-bond acceptors (Lipinski definition) is 4. The molecule has 7 nitrogen and oxygen atoms in total. The normalized spacial score (nSPS) is 19.3. The third-order valence-electron chi connectivity index (χ3n) is 6.49. The Bertz CT molecular complexity index is 1650. The first-order valence-corrected chi connectivity index (χ1v) is 13.0. The van der Waals surface area contributed by atoms with Crippen molar-refractivity contribution in [1.29, 1.82) is 10.0 Å². The molecule has 1 aromatic heterocycles. The van der Waals surface area contributed by atoms with E-state index in [9.17, 15) is 13.4 Å². The summed E-state index contributed by atoms with van der Waals surface area (Å²) in [4.78, 5) is 13.5. The Balaban J connectivity index is 1.41. The van der Waals surface area contributed by atoms with Crippen molar-refractivity contribution in [3.05, 3.63) is 95.1 Å². The van der Waals surface area contributed by atoms with E-state index in [2.05, 4.69) is 34.3 Å². The number of benzene rings is 3. The molecule has 0 radical (unpaired) electrons. The smallest absolute Gasteiger partial charge is 0.272 e. The van der Waals surface area contributed by atoms with Gasteiger partial charge in [0.25, 0.3) is 5.91 Å². The Kier molecular flexibility index (Phi) is 6.08. The molecule has 0 fully saturated rings. The van der Waals surface area contributed by atoms with Crippen LogP contribution >= 0.6 is 0 Å². The quantitative estimate of drug-likeness (QED) is 0.369. The molecule has 0 bridgehead atoms. The van der Waals surface area contributed by atoms with E-state index in [0.717, 1.165) is 22.4 Å². The zero-order valence-corrected chi connectivity index (χ0v) is 20.4. The fraction of sp³-hybridized carbons (Fsp3) is 0.185. The number of hydrogen-bond donors (Lipinski definition) is 3. The largest absolute Gasteiger partial charge is 0.345 e. The fourth-order valence-corrected chi connectivity index (χ4v) is 6.43. The summed E-state index contributed by atoms with van der Waals surface area (Å²) in [5, 5.41) is 14.0. The molecule has 3 aromatic carbocycles. The van der Waals surface area contributed by atoms with Gasteiger partial charge in [-0.3, -0.25) is 4.79 Å². The summed E-state index contributed by atoms with van der Waals surface area (Å²) in [7, 11) is -1.69. The third kappa shape index (κ3) is 4.49. The highest BCUT2D eigenvalue weighted by atomic mass is 32.2. The van der Waals surface area contributed by atoms with E-state index < -0.39 is 21.6 Å². The predicted molar refractivity (Wildman–Crippen MR) is 137 cm³/mol. The maximum atomic E-state index is 13.7. The van der Waals surface area contributed by atoms with Crippen LogP contribution in [0.2, 0.25) is 0 Å². The number of aryl methyl sites for hydroxylation is 1. The van der Waals surface area contributed by atoms with Crippen LogP contribution in [0.3, 0.4) is 0 Å². The monoisotopic (exact) mass is 501 g/mol. The second-order valence-corrected chi connectivity index (χ2v) is 10.8. The standard InChI is InChI=1S/C27H24FN5O2S/c1-33-16-25-23(26(33)27(34)31-21-9-11-24(28)20(14-21)15-29)10-8-22(32-36(25,30)35)13-17-6-7-18-4-2-3-5-19(18)12-17/h2-7,9,11-12,14,16,22H,8,10,13H2,1H3,(H,31,34)(H2,30,32,35)/t22-,36?/m1/s1. The zero-order chi connectivity index (χ0) is 25.4. The third-order valence-corrected chi connectivity index (χ3v) is 8.12. The van der Waals surface area contributed by atoms with Crippen LogP contribution in [0.5, 0.6) is 0 Å². The van der Waals surface area contributed by atoms with Gasteiger partial charge < -0.3 is 9.88 Å². The van der Waals surface area contributed by atoms with E-state index in [1.807, 2.05) is 18.2 Å². The van der Waals surface area contributed by atoms with Crippen molar-refractivity contribution >= 4 is 32.3 Å². The molecule has 36 heavy (non-hydrogen) atoms. The van der Waals surface area contributed by atoms with E-state index >= 15 is 0 Å². The Labute approximate surface area is 208 Å². The van der Waals surface area contributed by atoms with Gasteiger partial charge in [0.05, 0.1) is 10.5 Å². The lowest BCUT2D eigenvalue weighted by Crippen LogP contribution is -2.34. The van der Waals surface area contributed by atoms with Crippen molar-refractivity contribution in [3.63, 3.8) is 0 Å². The summed E-state index contributed by atoms with van der Waals surface area (Å²) >= 11 is 0. The minimum absolute atomic E-state index is 0.173. The summed E-state index contributed by atoms with van der Waals surface area (Å²) in [5.74, 6) is -1.14. The van der Waals surface area contributed by atoms with Crippen LogP contribution in [-0.2, 0) is 29.8 Å². The van der Waals surface area contributed by atoms with Crippen LogP contribution in [0, 0.1) is 21.9 Å². The number of aromatic nitrogens is 1. The molecule has 2 atom stereocenters. The molecule has 9 heteroatoms. The van der Waals surface area contributed by atoms with Crippen LogP contribution in [0.4, 0.5) is 10.1 Å². The maximum Gasteiger partial charge on any atom is 0.272 e. The first-order chi connectivity index (χ1) is 17.2. The predicted octanol–water partition coefficient (Wildman–Crippen LogP) is 4.91. The Morgan fingerprint density at radius 2 is 2.00 bits per heavy atom. The van der Waals surface area contributed by atoms with E-state index in [4.69, 9.17) is 10.0 Å². The molecule has 0 spiro atoms. The highest BCUT2D eigenvalue weighted by Crippen LogP contribution is 2.29. The van der Waals surface area contributed by atoms with Crippen LogP contribution in [0.1, 0.15) is 33.6 Å². The molecule has 1 unspecified atom stereocenters. The van der Waals surface area contributed by atoms with E-state index in [0.29, 0.717) is 35.4 Å². The van der Waals surface area contributed by atoms with Gasteiger partial charge in [0.2, 0.25) is 0 Å². The minimum Gasteiger partial charge on any atom is -0.345 e. The maximum absolute atomic E-state index is 13.7. The van der Waals surface area contributed by atoms with Crippen molar-refractivity contribution in [2.75, 3.05) is 5.32 Å². The number of nitrogens with zero attached hydrogens (tertiary/aromatic N) is 2. The van der Waals surface area contributed by atoms with Gasteiger partial charge in [-0.25, -0.2) is 18.1 Å². The molecule has 0 saturated carbocycles. The summed E-state index contributed by atoms with van der Waals surface area (Å²) in [6.07, 6.45) is 3.23. The molecule has 2 heterocycles. The van der Waals surface area contributed by atoms with Crippen molar-refractivity contribution in [2.24, 2.45) is 7.05 Å². The molecule has 3 N–H and O–H groups in total. The lowest BCUT2D eigenvalue weighted by molar-refractivity contribution is 0.101. The van der Waals surface area contributed by atoms with E-state index in [-0.39, 0.29) is 17.3 Å². The zero-order valence-electron chi connectivity index (χ0n) is 19.5. The van der Waals surface area contributed by atoms with Crippen LogP contribution in [0.15, 0.2) is 71.8 Å². The van der Waals surface area contributed by atoms with Gasteiger partial charge in [0.15, 0.2) is 0 Å². The first-order valence-electron chi connectivity index (χ1n) is 11.5. The van der Waals surface area contributed by atoms with Gasteiger partial charge in [-0.2, -0.15) is 5.26 Å². The van der Waals surface area contributed by atoms with Gasteiger partial charge in [-0.15, -0.1) is 0 Å². The summed E-state index contributed by atoms with van der Waals surface area (Å²) in [5.41, 5.74) is 2.04. The minimum atomic E-state index is -3.36. The highest BCUT2D eigenvalue weighted by Gasteiger charge is 2.31. The number of halogens is 1. The number of nitriles is 1. The molecule has 1 amide bonds. The lowest BCUT2D eigenvalue weighted by atomic mass is 9.98. The number of fused-ring (bicyclic) bond motifs is 2. The molecule has 4 aromatic rings.